The summed E-state index contributed by atoms with van der Waals surface area (Å²) in [5.74, 6) is 1.53. The normalized spacial score (nSPS) is 26.5. The third-order valence-corrected chi connectivity index (χ3v) is 9.42. The average Bonchev–Trinajstić information content (AvgIpc) is 3.38. The number of benzene rings is 1. The predicted molar refractivity (Wildman–Crippen MR) is 139 cm³/mol. The number of carbonyl (C=O) groups is 2. The number of likely N-dealkylation sites (tertiary alicyclic amines) is 1. The highest BCUT2D eigenvalue weighted by molar-refractivity contribution is 6.31. The lowest BCUT2D eigenvalue weighted by Crippen LogP contribution is -2.49. The van der Waals surface area contributed by atoms with Crippen LogP contribution in [0.2, 0.25) is 5.02 Å². The van der Waals surface area contributed by atoms with Gasteiger partial charge in [-0.2, -0.15) is 0 Å². The molecule has 1 aromatic heterocycles. The van der Waals surface area contributed by atoms with Gasteiger partial charge in [-0.05, 0) is 61.1 Å². The van der Waals surface area contributed by atoms with Gasteiger partial charge in [0, 0.05) is 49.6 Å². The second kappa shape index (κ2) is 9.61. The molecule has 6 rings (SSSR count). The highest BCUT2D eigenvalue weighted by Gasteiger charge is 2.52. The van der Waals surface area contributed by atoms with E-state index in [1.807, 2.05) is 35.2 Å². The Morgan fingerprint density at radius 3 is 2.76 bits per heavy atom. The first-order valence-corrected chi connectivity index (χ1v) is 14.1. The number of ether oxygens (including phenoxy) is 1. The number of halogens is 1. The summed E-state index contributed by atoms with van der Waals surface area (Å²) < 4.78 is 7.96. The number of hydrogen-bond acceptors (Lipinski definition) is 5. The van der Waals surface area contributed by atoms with E-state index in [-0.39, 0.29) is 35.8 Å². The number of aryl methyl sites for hydroxylation is 1. The monoisotopic (exact) mass is 525 g/mol. The van der Waals surface area contributed by atoms with Crippen LogP contribution in [-0.2, 0) is 29.7 Å². The van der Waals surface area contributed by atoms with Crippen molar-refractivity contribution in [2.24, 2.45) is 24.3 Å². The highest BCUT2D eigenvalue weighted by Crippen LogP contribution is 2.54. The maximum absolute atomic E-state index is 14.1. The van der Waals surface area contributed by atoms with Gasteiger partial charge in [0.05, 0.1) is 12.2 Å². The fourth-order valence-corrected chi connectivity index (χ4v) is 7.00. The summed E-state index contributed by atoms with van der Waals surface area (Å²) in [6.07, 6.45) is 9.71. The quantitative estimate of drug-likeness (QED) is 0.561. The van der Waals surface area contributed by atoms with Gasteiger partial charge in [-0.25, -0.2) is 0 Å². The number of amides is 2. The zero-order chi connectivity index (χ0) is 25.7. The smallest absolute Gasteiger partial charge is 0.226 e. The minimum atomic E-state index is -0.279. The van der Waals surface area contributed by atoms with Gasteiger partial charge in [0.25, 0.3) is 0 Å². The topological polar surface area (TPSA) is 80.6 Å². The summed E-state index contributed by atoms with van der Waals surface area (Å²) in [6, 6.07) is 3.50. The molecule has 198 valence electrons. The van der Waals surface area contributed by atoms with Gasteiger partial charge < -0.3 is 14.5 Å². The number of hydrogen-bond donors (Lipinski definition) is 0. The molecule has 0 bridgehead atoms. The molecule has 9 heteroatoms. The Labute approximate surface area is 223 Å². The predicted octanol–water partition coefficient (Wildman–Crippen LogP) is 4.31. The summed E-state index contributed by atoms with van der Waals surface area (Å²) in [6.45, 7) is 4.37. The summed E-state index contributed by atoms with van der Waals surface area (Å²) in [4.78, 5) is 31.2. The van der Waals surface area contributed by atoms with Gasteiger partial charge in [0.15, 0.2) is 0 Å². The molecule has 1 saturated heterocycles. The second-order valence-corrected chi connectivity index (χ2v) is 12.1. The van der Waals surface area contributed by atoms with Crippen molar-refractivity contribution in [1.29, 1.82) is 0 Å². The molecule has 2 amide bonds. The highest BCUT2D eigenvalue weighted by atomic mass is 35.5. The summed E-state index contributed by atoms with van der Waals surface area (Å²) in [5, 5.41) is 8.85. The largest absolute Gasteiger partial charge is 0.487 e. The Kier molecular flexibility index (Phi) is 6.42. The number of rotatable bonds is 6. The standard InChI is InChI=1S/C28H36ClN5O3/c1-18-5-3-4-6-20(18)27(36)34-12-9-21-22(29)7-8-24(37-16-19-14-32(2)31-30-19)26(21)23(34)15-33-17-28(10-11-28)13-25(33)35/h7-8,14,18,20,23H,3-6,9-13,15-17H2,1-2H3/t18-,20+,23+/m0/s1. The van der Waals surface area contributed by atoms with Gasteiger partial charge in [0.2, 0.25) is 11.8 Å². The van der Waals surface area contributed by atoms with Crippen LogP contribution in [0.15, 0.2) is 18.3 Å². The van der Waals surface area contributed by atoms with E-state index in [1.165, 1.54) is 6.42 Å². The molecule has 2 saturated carbocycles. The van der Waals surface area contributed by atoms with Crippen LogP contribution < -0.4 is 4.74 Å². The van der Waals surface area contributed by atoms with Crippen molar-refractivity contribution in [1.82, 2.24) is 24.8 Å². The Balaban J connectivity index is 1.35. The minimum absolute atomic E-state index is 0.0324. The Morgan fingerprint density at radius 1 is 1.24 bits per heavy atom. The van der Waals surface area contributed by atoms with E-state index in [0.29, 0.717) is 42.6 Å². The number of fused-ring (bicyclic) bond motifs is 1. The minimum Gasteiger partial charge on any atom is -0.487 e. The zero-order valence-electron chi connectivity index (χ0n) is 21.8. The molecular formula is C28H36ClN5O3. The van der Waals surface area contributed by atoms with Gasteiger partial charge in [-0.3, -0.25) is 14.3 Å². The maximum Gasteiger partial charge on any atom is 0.226 e. The van der Waals surface area contributed by atoms with Crippen molar-refractivity contribution in [2.45, 2.75) is 70.9 Å². The van der Waals surface area contributed by atoms with Crippen molar-refractivity contribution in [2.75, 3.05) is 19.6 Å². The van der Waals surface area contributed by atoms with E-state index in [4.69, 9.17) is 16.3 Å². The van der Waals surface area contributed by atoms with Crippen LogP contribution in [0.1, 0.15) is 74.7 Å². The van der Waals surface area contributed by atoms with Crippen molar-refractivity contribution >= 4 is 23.4 Å². The summed E-state index contributed by atoms with van der Waals surface area (Å²) in [5.41, 5.74) is 2.87. The zero-order valence-corrected chi connectivity index (χ0v) is 22.5. The second-order valence-electron chi connectivity index (χ2n) is 11.7. The van der Waals surface area contributed by atoms with Crippen LogP contribution in [0.4, 0.5) is 0 Å². The fraction of sp³-hybridized carbons (Fsp3) is 0.643. The lowest BCUT2D eigenvalue weighted by molar-refractivity contribution is -0.143. The summed E-state index contributed by atoms with van der Waals surface area (Å²) >= 11 is 6.73. The van der Waals surface area contributed by atoms with Crippen LogP contribution in [0.3, 0.4) is 0 Å². The molecule has 1 aromatic carbocycles. The van der Waals surface area contributed by atoms with Crippen molar-refractivity contribution in [3.63, 3.8) is 0 Å². The molecule has 8 nitrogen and oxygen atoms in total. The first-order chi connectivity index (χ1) is 17.8. The SMILES string of the molecule is C[C@H]1CCCC[C@H]1C(=O)N1CCc2c(Cl)ccc(OCc3cn(C)nn3)c2[C@H]1CN1CC2(CC2)CC1=O. The molecule has 2 aromatic rings. The molecule has 0 radical (unpaired) electrons. The lowest BCUT2D eigenvalue weighted by atomic mass is 9.78. The van der Waals surface area contributed by atoms with Gasteiger partial charge in [-0.15, -0.1) is 5.10 Å². The van der Waals surface area contributed by atoms with Crippen LogP contribution >= 0.6 is 11.6 Å². The maximum atomic E-state index is 14.1. The molecule has 0 N–H and O–H groups in total. The Hall–Kier alpha value is -2.61. The Bertz CT molecular complexity index is 1210. The van der Waals surface area contributed by atoms with E-state index < -0.39 is 0 Å². The van der Waals surface area contributed by atoms with Crippen molar-refractivity contribution < 1.29 is 14.3 Å². The van der Waals surface area contributed by atoms with Crippen molar-refractivity contribution in [3.8, 4) is 5.75 Å². The van der Waals surface area contributed by atoms with E-state index in [1.54, 1.807) is 4.68 Å². The van der Waals surface area contributed by atoms with Crippen LogP contribution in [0, 0.1) is 17.3 Å². The summed E-state index contributed by atoms with van der Waals surface area (Å²) in [7, 11) is 1.83. The molecule has 3 fully saturated rings. The van der Waals surface area contributed by atoms with E-state index >= 15 is 0 Å². The van der Waals surface area contributed by atoms with Crippen LogP contribution in [0.5, 0.6) is 5.75 Å². The van der Waals surface area contributed by atoms with Crippen LogP contribution in [0.25, 0.3) is 0 Å². The van der Waals surface area contributed by atoms with E-state index in [0.717, 1.165) is 55.5 Å². The number of aromatic nitrogens is 3. The third-order valence-electron chi connectivity index (χ3n) is 9.07. The molecular weight excluding hydrogens is 490 g/mol. The number of nitrogens with zero attached hydrogens (tertiary/aromatic N) is 5. The molecule has 3 heterocycles. The number of carbonyl (C=O) groups excluding carboxylic acids is 2. The van der Waals surface area contributed by atoms with Crippen molar-refractivity contribution in [3.05, 3.63) is 40.2 Å². The van der Waals surface area contributed by atoms with E-state index in [9.17, 15) is 9.59 Å². The molecule has 4 aliphatic rings. The van der Waals surface area contributed by atoms with E-state index in [2.05, 4.69) is 17.2 Å². The fourth-order valence-electron chi connectivity index (χ4n) is 6.74. The molecule has 2 aliphatic carbocycles. The average molecular weight is 526 g/mol. The lowest BCUT2D eigenvalue weighted by Gasteiger charge is -2.43. The molecule has 1 spiro atoms. The molecule has 2 aliphatic heterocycles. The first-order valence-electron chi connectivity index (χ1n) is 13.7. The Morgan fingerprint density at radius 2 is 2.05 bits per heavy atom. The molecule has 3 atom stereocenters. The molecule has 37 heavy (non-hydrogen) atoms. The third kappa shape index (κ3) is 4.73. The first kappa shape index (κ1) is 24.7. The van der Waals surface area contributed by atoms with Gasteiger partial charge in [-0.1, -0.05) is 36.6 Å². The molecule has 0 unspecified atom stereocenters. The van der Waals surface area contributed by atoms with Gasteiger partial charge in [0.1, 0.15) is 18.1 Å². The van der Waals surface area contributed by atoms with Crippen LogP contribution in [-0.4, -0.2) is 56.2 Å². The van der Waals surface area contributed by atoms with Gasteiger partial charge >= 0.3 is 0 Å².